The summed E-state index contributed by atoms with van der Waals surface area (Å²) in [6.45, 7) is 5.99. The summed E-state index contributed by atoms with van der Waals surface area (Å²) in [5, 5.41) is 6.26. The first-order chi connectivity index (χ1) is 9.06. The van der Waals surface area contributed by atoms with Crippen LogP contribution < -0.4 is 15.4 Å². The maximum atomic E-state index is 5.53. The molecule has 7 heteroatoms. The number of ether oxygens (including phenoxy) is 1. The number of hydrogen-bond acceptors (Lipinski definition) is 7. The Labute approximate surface area is 113 Å². The molecule has 0 aliphatic carbocycles. The molecule has 2 rings (SSSR count). The summed E-state index contributed by atoms with van der Waals surface area (Å²) in [5.74, 6) is 1.08. The van der Waals surface area contributed by atoms with Gasteiger partial charge in [-0.1, -0.05) is 0 Å². The summed E-state index contributed by atoms with van der Waals surface area (Å²) in [6.07, 6.45) is 1.13. The number of nitrogens with one attached hydrogen (secondary N) is 2. The number of anilines is 2. The van der Waals surface area contributed by atoms with Gasteiger partial charge >= 0.3 is 6.01 Å². The molecule has 0 aromatic carbocycles. The topological polar surface area (TPSA) is 75.2 Å². The summed E-state index contributed by atoms with van der Waals surface area (Å²) in [4.78, 5) is 15.1. The number of hydrogen-bond donors (Lipinski definition) is 2. The van der Waals surface area contributed by atoms with Gasteiger partial charge < -0.3 is 20.3 Å². The van der Waals surface area contributed by atoms with Crippen molar-refractivity contribution in [2.75, 3.05) is 37.8 Å². The second-order valence-electron chi connectivity index (χ2n) is 5.07. The van der Waals surface area contributed by atoms with E-state index in [0.717, 1.165) is 19.5 Å². The molecule has 0 amide bonds. The summed E-state index contributed by atoms with van der Waals surface area (Å²) in [5.41, 5.74) is 0. The van der Waals surface area contributed by atoms with E-state index >= 15 is 0 Å². The Morgan fingerprint density at radius 3 is 2.58 bits per heavy atom. The Hall–Kier alpha value is -1.63. The average molecular weight is 266 g/mol. The lowest BCUT2D eigenvalue weighted by atomic mass is 10.3. The van der Waals surface area contributed by atoms with Crippen LogP contribution in [0.5, 0.6) is 6.01 Å². The molecule has 0 spiro atoms. The van der Waals surface area contributed by atoms with Gasteiger partial charge in [0.15, 0.2) is 0 Å². The number of aromatic nitrogens is 3. The highest BCUT2D eigenvalue weighted by Gasteiger charge is 2.20. The summed E-state index contributed by atoms with van der Waals surface area (Å²) in [7, 11) is 3.89. The van der Waals surface area contributed by atoms with Gasteiger partial charge in [-0.25, -0.2) is 0 Å². The van der Waals surface area contributed by atoms with E-state index in [1.807, 2.05) is 13.8 Å². The Bertz CT molecular complexity index is 425. The van der Waals surface area contributed by atoms with Crippen LogP contribution in [0.1, 0.15) is 20.3 Å². The standard InChI is InChI=1S/C12H22N6O/c1-8(2)19-12-16-10(13-3)15-11(17-12)14-9-5-6-18(4)7-9/h8-9H,5-7H2,1-4H3,(H2,13,14,15,16,17). The van der Waals surface area contributed by atoms with Crippen LogP contribution in [0.25, 0.3) is 0 Å². The molecular formula is C12H22N6O. The summed E-state index contributed by atoms with van der Waals surface area (Å²) in [6, 6.07) is 0.729. The van der Waals surface area contributed by atoms with Crippen LogP contribution in [0.4, 0.5) is 11.9 Å². The SMILES string of the molecule is CNc1nc(NC2CCN(C)C2)nc(OC(C)C)n1. The maximum absolute atomic E-state index is 5.53. The van der Waals surface area contributed by atoms with Crippen LogP contribution >= 0.6 is 0 Å². The highest BCUT2D eigenvalue weighted by molar-refractivity contribution is 5.36. The normalized spacial score (nSPS) is 19.7. The minimum atomic E-state index is 0.0394. The molecule has 7 nitrogen and oxygen atoms in total. The highest BCUT2D eigenvalue weighted by Crippen LogP contribution is 2.16. The first-order valence-electron chi connectivity index (χ1n) is 6.62. The van der Waals surface area contributed by atoms with Crippen molar-refractivity contribution in [2.45, 2.75) is 32.4 Å². The van der Waals surface area contributed by atoms with Gasteiger partial charge in [0, 0.05) is 19.6 Å². The van der Waals surface area contributed by atoms with Crippen molar-refractivity contribution in [3.05, 3.63) is 0 Å². The van der Waals surface area contributed by atoms with Crippen molar-refractivity contribution in [1.29, 1.82) is 0 Å². The monoisotopic (exact) mass is 266 g/mol. The van der Waals surface area contributed by atoms with Crippen molar-refractivity contribution in [2.24, 2.45) is 0 Å². The van der Waals surface area contributed by atoms with Crippen LogP contribution in [0.3, 0.4) is 0 Å². The van der Waals surface area contributed by atoms with Crippen molar-refractivity contribution in [3.8, 4) is 6.01 Å². The van der Waals surface area contributed by atoms with Gasteiger partial charge in [-0.2, -0.15) is 15.0 Å². The Morgan fingerprint density at radius 1 is 1.26 bits per heavy atom. The number of rotatable bonds is 5. The van der Waals surface area contributed by atoms with E-state index in [9.17, 15) is 0 Å². The van der Waals surface area contributed by atoms with Gasteiger partial charge in [-0.15, -0.1) is 0 Å². The minimum absolute atomic E-state index is 0.0394. The van der Waals surface area contributed by atoms with Crippen LogP contribution in [0, 0.1) is 0 Å². The largest absolute Gasteiger partial charge is 0.461 e. The molecule has 19 heavy (non-hydrogen) atoms. The molecule has 1 saturated heterocycles. The predicted octanol–water partition coefficient (Wildman–Crippen LogP) is 0.816. The molecule has 1 aliphatic heterocycles. The third kappa shape index (κ3) is 3.92. The molecular weight excluding hydrogens is 244 g/mol. The Kier molecular flexibility index (Phi) is 4.36. The minimum Gasteiger partial charge on any atom is -0.461 e. The number of likely N-dealkylation sites (tertiary alicyclic amines) is 1. The molecule has 1 fully saturated rings. The lowest BCUT2D eigenvalue weighted by molar-refractivity contribution is 0.222. The van der Waals surface area contributed by atoms with Crippen molar-refractivity contribution >= 4 is 11.9 Å². The van der Waals surface area contributed by atoms with E-state index in [-0.39, 0.29) is 6.10 Å². The zero-order chi connectivity index (χ0) is 13.8. The lowest BCUT2D eigenvalue weighted by Crippen LogP contribution is -2.25. The van der Waals surface area contributed by atoms with E-state index in [1.165, 1.54) is 0 Å². The first-order valence-corrected chi connectivity index (χ1v) is 6.62. The number of likely N-dealkylation sites (N-methyl/N-ethyl adjacent to an activating group) is 1. The van der Waals surface area contributed by atoms with Crippen LogP contribution in [0.15, 0.2) is 0 Å². The molecule has 1 aliphatic rings. The summed E-state index contributed by atoms with van der Waals surface area (Å²) >= 11 is 0. The zero-order valence-electron chi connectivity index (χ0n) is 12.0. The quantitative estimate of drug-likeness (QED) is 0.817. The van der Waals surface area contributed by atoms with Gasteiger partial charge in [-0.05, 0) is 33.9 Å². The van der Waals surface area contributed by atoms with Crippen LogP contribution in [-0.2, 0) is 0 Å². The summed E-state index contributed by atoms with van der Waals surface area (Å²) < 4.78 is 5.53. The fourth-order valence-corrected chi connectivity index (χ4v) is 2.03. The molecule has 2 N–H and O–H groups in total. The molecule has 1 aromatic heterocycles. The second kappa shape index (κ2) is 6.01. The van der Waals surface area contributed by atoms with Crippen LogP contribution in [0.2, 0.25) is 0 Å². The zero-order valence-corrected chi connectivity index (χ0v) is 12.0. The predicted molar refractivity (Wildman–Crippen MR) is 74.7 cm³/mol. The molecule has 1 unspecified atom stereocenters. The fourth-order valence-electron chi connectivity index (χ4n) is 2.03. The highest BCUT2D eigenvalue weighted by atomic mass is 16.5. The van der Waals surface area contributed by atoms with Gasteiger partial charge in [0.2, 0.25) is 11.9 Å². The molecule has 2 heterocycles. The molecule has 0 radical (unpaired) electrons. The first kappa shape index (κ1) is 13.8. The molecule has 1 aromatic rings. The average Bonchev–Trinajstić information content (AvgIpc) is 2.73. The third-order valence-electron chi connectivity index (χ3n) is 2.90. The second-order valence-corrected chi connectivity index (χ2v) is 5.07. The Balaban J connectivity index is 2.10. The van der Waals surface area contributed by atoms with Gasteiger partial charge in [0.25, 0.3) is 0 Å². The lowest BCUT2D eigenvalue weighted by Gasteiger charge is -2.14. The van der Waals surface area contributed by atoms with Gasteiger partial charge in [0.1, 0.15) is 0 Å². The van der Waals surface area contributed by atoms with Crippen molar-refractivity contribution in [3.63, 3.8) is 0 Å². The fraction of sp³-hybridized carbons (Fsp3) is 0.750. The smallest absolute Gasteiger partial charge is 0.323 e. The molecule has 106 valence electrons. The Morgan fingerprint density at radius 2 is 2.00 bits per heavy atom. The van der Waals surface area contributed by atoms with Crippen molar-refractivity contribution in [1.82, 2.24) is 19.9 Å². The van der Waals surface area contributed by atoms with E-state index in [0.29, 0.717) is 23.9 Å². The van der Waals surface area contributed by atoms with Crippen LogP contribution in [-0.4, -0.2) is 59.2 Å². The maximum Gasteiger partial charge on any atom is 0.323 e. The molecule has 0 saturated carbocycles. The molecule has 1 atom stereocenters. The van der Waals surface area contributed by atoms with E-state index in [2.05, 4.69) is 37.5 Å². The van der Waals surface area contributed by atoms with Gasteiger partial charge in [0.05, 0.1) is 6.10 Å². The number of nitrogens with zero attached hydrogens (tertiary/aromatic N) is 4. The van der Waals surface area contributed by atoms with E-state index in [1.54, 1.807) is 7.05 Å². The van der Waals surface area contributed by atoms with E-state index < -0.39 is 0 Å². The van der Waals surface area contributed by atoms with E-state index in [4.69, 9.17) is 4.74 Å². The van der Waals surface area contributed by atoms with Gasteiger partial charge in [-0.3, -0.25) is 0 Å². The molecule has 0 bridgehead atoms. The van der Waals surface area contributed by atoms with Crippen molar-refractivity contribution < 1.29 is 4.74 Å². The third-order valence-corrected chi connectivity index (χ3v) is 2.90.